The molecule has 0 unspecified atom stereocenters. The normalized spacial score (nSPS) is 10.2. The smallest absolute Gasteiger partial charge is 0.130 e. The van der Waals surface area contributed by atoms with Crippen molar-refractivity contribution < 1.29 is 4.74 Å². The Balaban J connectivity index is 2.14. The number of benzene rings is 1. The van der Waals surface area contributed by atoms with Gasteiger partial charge in [-0.2, -0.15) is 10.4 Å². The highest BCUT2D eigenvalue weighted by atomic mass is 16.5. The molecule has 1 aromatic heterocycles. The van der Waals surface area contributed by atoms with Crippen molar-refractivity contribution in [3.63, 3.8) is 0 Å². The van der Waals surface area contributed by atoms with Crippen molar-refractivity contribution in [2.45, 2.75) is 26.9 Å². The Bertz CT molecular complexity index is 623. The predicted molar refractivity (Wildman–Crippen MR) is 72.8 cm³/mol. The number of aryl methyl sites for hydroxylation is 3. The van der Waals surface area contributed by atoms with Gasteiger partial charge in [0.2, 0.25) is 0 Å². The van der Waals surface area contributed by atoms with Crippen molar-refractivity contribution >= 4 is 0 Å². The lowest BCUT2D eigenvalue weighted by molar-refractivity contribution is 0.293. The fourth-order valence-electron chi connectivity index (χ4n) is 1.86. The van der Waals surface area contributed by atoms with Gasteiger partial charge in [0, 0.05) is 7.05 Å². The van der Waals surface area contributed by atoms with E-state index in [-0.39, 0.29) is 0 Å². The van der Waals surface area contributed by atoms with Gasteiger partial charge in [-0.25, -0.2) is 0 Å². The van der Waals surface area contributed by atoms with Crippen LogP contribution < -0.4 is 4.74 Å². The van der Waals surface area contributed by atoms with E-state index in [0.717, 1.165) is 29.1 Å². The predicted octanol–water partition coefficient (Wildman–Crippen LogP) is 2.74. The zero-order valence-corrected chi connectivity index (χ0v) is 11.5. The molecule has 0 bridgehead atoms. The SMILES string of the molecule is CCc1cc(COc2cc(C#N)ccc2C)n(C)n1. The molecule has 4 heteroatoms. The van der Waals surface area contributed by atoms with E-state index >= 15 is 0 Å². The first kappa shape index (κ1) is 13.2. The molecule has 0 aliphatic rings. The van der Waals surface area contributed by atoms with Crippen molar-refractivity contribution in [3.8, 4) is 11.8 Å². The molecule has 98 valence electrons. The Morgan fingerprint density at radius 3 is 2.79 bits per heavy atom. The molecule has 0 saturated heterocycles. The van der Waals surface area contributed by atoms with Gasteiger partial charge >= 0.3 is 0 Å². The molecule has 0 saturated carbocycles. The second kappa shape index (κ2) is 5.57. The van der Waals surface area contributed by atoms with Crippen molar-refractivity contribution in [1.82, 2.24) is 9.78 Å². The van der Waals surface area contributed by atoms with Crippen LogP contribution in [0.2, 0.25) is 0 Å². The average Bonchev–Trinajstić information content (AvgIpc) is 2.78. The lowest BCUT2D eigenvalue weighted by atomic mass is 10.1. The molecule has 19 heavy (non-hydrogen) atoms. The Morgan fingerprint density at radius 2 is 2.16 bits per heavy atom. The summed E-state index contributed by atoms with van der Waals surface area (Å²) in [7, 11) is 1.91. The summed E-state index contributed by atoms with van der Waals surface area (Å²) in [5, 5.41) is 13.3. The molecule has 4 nitrogen and oxygen atoms in total. The lowest BCUT2D eigenvalue weighted by Crippen LogP contribution is -2.03. The van der Waals surface area contributed by atoms with Gasteiger partial charge in [-0.15, -0.1) is 0 Å². The third-order valence-electron chi connectivity index (χ3n) is 3.08. The van der Waals surface area contributed by atoms with Crippen LogP contribution in [0, 0.1) is 18.3 Å². The second-order valence-electron chi connectivity index (χ2n) is 4.48. The van der Waals surface area contributed by atoms with E-state index in [1.54, 1.807) is 12.1 Å². The van der Waals surface area contributed by atoms with Crippen LogP contribution in [0.15, 0.2) is 24.3 Å². The number of aromatic nitrogens is 2. The molecule has 2 aromatic rings. The maximum atomic E-state index is 8.90. The summed E-state index contributed by atoms with van der Waals surface area (Å²) >= 11 is 0. The zero-order chi connectivity index (χ0) is 13.8. The van der Waals surface area contributed by atoms with Crippen LogP contribution in [0.5, 0.6) is 5.75 Å². The fraction of sp³-hybridized carbons (Fsp3) is 0.333. The van der Waals surface area contributed by atoms with Gasteiger partial charge in [0.25, 0.3) is 0 Å². The summed E-state index contributed by atoms with van der Waals surface area (Å²) in [5.74, 6) is 0.748. The Morgan fingerprint density at radius 1 is 1.37 bits per heavy atom. The molecule has 0 atom stereocenters. The highest BCUT2D eigenvalue weighted by molar-refractivity contribution is 5.41. The third kappa shape index (κ3) is 2.94. The topological polar surface area (TPSA) is 50.8 Å². The van der Waals surface area contributed by atoms with E-state index in [9.17, 15) is 0 Å². The lowest BCUT2D eigenvalue weighted by Gasteiger charge is -2.09. The standard InChI is InChI=1S/C15H17N3O/c1-4-13-8-14(18(3)17-13)10-19-15-7-12(9-16)6-5-11(15)2/h5-8H,4,10H2,1-3H3. The van der Waals surface area contributed by atoms with Gasteiger partial charge in [-0.05, 0) is 37.1 Å². The summed E-state index contributed by atoms with van der Waals surface area (Å²) in [6.07, 6.45) is 0.913. The molecule has 0 amide bonds. The van der Waals surface area contributed by atoms with Crippen LogP contribution in [0.1, 0.15) is 29.4 Å². The maximum absolute atomic E-state index is 8.90. The van der Waals surface area contributed by atoms with Crippen molar-refractivity contribution in [2.75, 3.05) is 0 Å². The number of hydrogen-bond donors (Lipinski definition) is 0. The highest BCUT2D eigenvalue weighted by Gasteiger charge is 2.06. The average molecular weight is 255 g/mol. The number of nitriles is 1. The van der Waals surface area contributed by atoms with Crippen LogP contribution >= 0.6 is 0 Å². The quantitative estimate of drug-likeness (QED) is 0.844. The first-order valence-electron chi connectivity index (χ1n) is 6.29. The minimum Gasteiger partial charge on any atom is -0.487 e. The molecule has 1 heterocycles. The molecule has 0 aliphatic heterocycles. The van der Waals surface area contributed by atoms with E-state index in [4.69, 9.17) is 10.00 Å². The maximum Gasteiger partial charge on any atom is 0.130 e. The van der Waals surface area contributed by atoms with Crippen LogP contribution in [-0.4, -0.2) is 9.78 Å². The molecule has 1 aromatic carbocycles. The Kier molecular flexibility index (Phi) is 3.86. The highest BCUT2D eigenvalue weighted by Crippen LogP contribution is 2.20. The summed E-state index contributed by atoms with van der Waals surface area (Å²) in [5.41, 5.74) is 3.72. The first-order valence-corrected chi connectivity index (χ1v) is 6.29. The minimum absolute atomic E-state index is 0.458. The van der Waals surface area contributed by atoms with E-state index in [0.29, 0.717) is 12.2 Å². The molecule has 0 fully saturated rings. The van der Waals surface area contributed by atoms with Crippen LogP contribution in [-0.2, 0) is 20.1 Å². The van der Waals surface area contributed by atoms with Crippen LogP contribution in [0.4, 0.5) is 0 Å². The number of nitrogens with zero attached hydrogens (tertiary/aromatic N) is 3. The molecule has 0 N–H and O–H groups in total. The van der Waals surface area contributed by atoms with Gasteiger partial charge in [0.05, 0.1) is 23.0 Å². The largest absolute Gasteiger partial charge is 0.487 e. The van der Waals surface area contributed by atoms with Crippen molar-refractivity contribution in [3.05, 3.63) is 46.8 Å². The molecular formula is C15H17N3O. The number of ether oxygens (including phenoxy) is 1. The van der Waals surface area contributed by atoms with Gasteiger partial charge in [-0.3, -0.25) is 4.68 Å². The summed E-state index contributed by atoms with van der Waals surface area (Å²) in [6, 6.07) is 9.63. The Labute approximate surface area is 113 Å². The van der Waals surface area contributed by atoms with Gasteiger partial charge < -0.3 is 4.74 Å². The van der Waals surface area contributed by atoms with E-state index in [2.05, 4.69) is 18.1 Å². The van der Waals surface area contributed by atoms with Gasteiger partial charge in [0.15, 0.2) is 0 Å². The minimum atomic E-state index is 0.458. The third-order valence-corrected chi connectivity index (χ3v) is 3.08. The van der Waals surface area contributed by atoms with E-state index in [1.807, 2.05) is 30.8 Å². The summed E-state index contributed by atoms with van der Waals surface area (Å²) < 4.78 is 7.63. The summed E-state index contributed by atoms with van der Waals surface area (Å²) in [4.78, 5) is 0. The van der Waals surface area contributed by atoms with Crippen molar-refractivity contribution in [1.29, 1.82) is 5.26 Å². The second-order valence-corrected chi connectivity index (χ2v) is 4.48. The molecule has 0 spiro atoms. The monoisotopic (exact) mass is 255 g/mol. The molecule has 0 aliphatic carbocycles. The van der Waals surface area contributed by atoms with E-state index < -0.39 is 0 Å². The number of rotatable bonds is 4. The van der Waals surface area contributed by atoms with Crippen LogP contribution in [0.25, 0.3) is 0 Å². The summed E-state index contributed by atoms with van der Waals surface area (Å²) in [6.45, 7) is 4.50. The van der Waals surface area contributed by atoms with E-state index in [1.165, 1.54) is 0 Å². The Hall–Kier alpha value is -2.28. The van der Waals surface area contributed by atoms with Gasteiger partial charge in [0.1, 0.15) is 12.4 Å². The molecule has 0 radical (unpaired) electrons. The van der Waals surface area contributed by atoms with Gasteiger partial charge in [-0.1, -0.05) is 13.0 Å². The fourth-order valence-corrected chi connectivity index (χ4v) is 1.86. The zero-order valence-electron chi connectivity index (χ0n) is 11.5. The number of hydrogen-bond acceptors (Lipinski definition) is 3. The molecule has 2 rings (SSSR count). The van der Waals surface area contributed by atoms with Crippen molar-refractivity contribution in [2.24, 2.45) is 7.05 Å². The first-order chi connectivity index (χ1) is 9.13. The molecular weight excluding hydrogens is 238 g/mol. The van der Waals surface area contributed by atoms with Crippen LogP contribution in [0.3, 0.4) is 0 Å².